The van der Waals surface area contributed by atoms with Gasteiger partial charge in [0.1, 0.15) is 5.69 Å². The van der Waals surface area contributed by atoms with Crippen molar-refractivity contribution in [2.75, 3.05) is 7.11 Å². The molecule has 0 amide bonds. The van der Waals surface area contributed by atoms with Crippen LogP contribution in [-0.2, 0) is 4.74 Å². The molecule has 0 bridgehead atoms. The second kappa shape index (κ2) is 6.31. The number of esters is 1. The summed E-state index contributed by atoms with van der Waals surface area (Å²) in [6, 6.07) is 6.51. The number of hydrogen-bond acceptors (Lipinski definition) is 6. The number of nitrogens with two attached hydrogens (primary N) is 1. The van der Waals surface area contributed by atoms with E-state index >= 15 is 0 Å². The number of nitrogens with one attached hydrogen (secondary N) is 1. The van der Waals surface area contributed by atoms with Crippen LogP contribution in [0.4, 0.5) is 11.4 Å². The molecule has 2 aromatic rings. The van der Waals surface area contributed by atoms with Crippen LogP contribution in [0.25, 0.3) is 0 Å². The smallest absolute Gasteiger partial charge is 0.340 e. The highest BCUT2D eigenvalue weighted by Gasteiger charge is 2.14. The van der Waals surface area contributed by atoms with Gasteiger partial charge in [-0.25, -0.2) is 4.79 Å². The van der Waals surface area contributed by atoms with Crippen LogP contribution < -0.4 is 11.3 Å². The second-order valence-corrected chi connectivity index (χ2v) is 4.69. The van der Waals surface area contributed by atoms with Crippen LogP contribution in [0.2, 0.25) is 0 Å². The Morgan fingerprint density at radius 2 is 2.05 bits per heavy atom. The van der Waals surface area contributed by atoms with Gasteiger partial charge in [-0.2, -0.15) is 4.68 Å². The molecule has 0 aliphatic rings. The maximum absolute atomic E-state index is 12.0. The maximum atomic E-state index is 12.0. The van der Waals surface area contributed by atoms with Gasteiger partial charge in [0, 0.05) is 0 Å². The Morgan fingerprint density at radius 1 is 1.36 bits per heavy atom. The minimum atomic E-state index is -0.541. The third kappa shape index (κ3) is 2.93. The first-order valence-electron chi connectivity index (χ1n) is 6.16. The third-order valence-corrected chi connectivity index (χ3v) is 3.01. The lowest BCUT2D eigenvalue weighted by Gasteiger charge is -2.01. The fourth-order valence-electron chi connectivity index (χ4n) is 1.76. The first-order chi connectivity index (χ1) is 10.5. The number of rotatable bonds is 3. The van der Waals surface area contributed by atoms with E-state index in [4.69, 9.17) is 18.0 Å². The summed E-state index contributed by atoms with van der Waals surface area (Å²) in [5.41, 5.74) is 5.96. The monoisotopic (exact) mass is 319 g/mol. The number of benzene rings is 1. The van der Waals surface area contributed by atoms with E-state index in [2.05, 4.69) is 20.1 Å². The fraction of sp³-hybridized carbons (Fsp3) is 0.154. The molecule has 9 heteroatoms. The summed E-state index contributed by atoms with van der Waals surface area (Å²) in [6.45, 7) is 1.64. The third-order valence-electron chi connectivity index (χ3n) is 2.83. The summed E-state index contributed by atoms with van der Waals surface area (Å²) in [5.74, 6) is -0.541. The lowest BCUT2D eigenvalue weighted by atomic mass is 10.2. The van der Waals surface area contributed by atoms with Gasteiger partial charge in [-0.15, -0.1) is 10.2 Å². The Morgan fingerprint density at radius 3 is 2.64 bits per heavy atom. The van der Waals surface area contributed by atoms with E-state index in [1.807, 2.05) is 0 Å². The van der Waals surface area contributed by atoms with E-state index in [1.54, 1.807) is 31.2 Å². The Labute approximate surface area is 130 Å². The number of methoxy groups -OCH3 is 1. The summed E-state index contributed by atoms with van der Waals surface area (Å²) >= 11 is 4.75. The van der Waals surface area contributed by atoms with Gasteiger partial charge in [0.25, 0.3) is 0 Å². The predicted octanol–water partition coefficient (Wildman–Crippen LogP) is 1.78. The summed E-state index contributed by atoms with van der Waals surface area (Å²) in [7, 11) is 1.27. The highest BCUT2D eigenvalue weighted by Crippen LogP contribution is 2.22. The van der Waals surface area contributed by atoms with Gasteiger partial charge in [0.2, 0.25) is 0 Å². The molecule has 1 heterocycles. The zero-order valence-corrected chi connectivity index (χ0v) is 12.7. The van der Waals surface area contributed by atoms with Crippen LogP contribution in [-0.4, -0.2) is 28.0 Å². The molecule has 0 saturated carbocycles. The molecule has 8 nitrogen and oxygen atoms in total. The molecule has 114 valence electrons. The minimum absolute atomic E-state index is 0.0625. The number of ether oxygens (including phenoxy) is 1. The summed E-state index contributed by atoms with van der Waals surface area (Å²) in [4.78, 5) is 23.7. The van der Waals surface area contributed by atoms with Crippen molar-refractivity contribution in [1.29, 1.82) is 0 Å². The molecule has 22 heavy (non-hydrogen) atoms. The van der Waals surface area contributed by atoms with Crippen molar-refractivity contribution in [2.45, 2.75) is 6.92 Å². The van der Waals surface area contributed by atoms with Crippen molar-refractivity contribution in [2.24, 2.45) is 16.0 Å². The van der Waals surface area contributed by atoms with Gasteiger partial charge in [-0.3, -0.25) is 9.89 Å². The van der Waals surface area contributed by atoms with E-state index in [0.29, 0.717) is 5.69 Å². The molecule has 0 aliphatic carbocycles. The molecular weight excluding hydrogens is 306 g/mol. The van der Waals surface area contributed by atoms with Crippen LogP contribution in [0, 0.1) is 6.92 Å². The zero-order chi connectivity index (χ0) is 16.3. The van der Waals surface area contributed by atoms with Crippen LogP contribution >= 0.6 is 12.2 Å². The fourth-order valence-corrected chi connectivity index (χ4v) is 1.89. The van der Waals surface area contributed by atoms with Gasteiger partial charge in [0.15, 0.2) is 10.8 Å². The zero-order valence-electron chi connectivity index (χ0n) is 11.9. The lowest BCUT2D eigenvalue weighted by Crippen LogP contribution is -2.29. The number of aromatic amines is 1. The lowest BCUT2D eigenvalue weighted by molar-refractivity contribution is 0.0601. The van der Waals surface area contributed by atoms with Crippen molar-refractivity contribution < 1.29 is 9.53 Å². The predicted molar refractivity (Wildman–Crippen MR) is 83.9 cm³/mol. The Kier molecular flexibility index (Phi) is 4.47. The van der Waals surface area contributed by atoms with Crippen LogP contribution in [0.1, 0.15) is 16.1 Å². The highest BCUT2D eigenvalue weighted by molar-refractivity contribution is 7.80. The van der Waals surface area contributed by atoms with Crippen molar-refractivity contribution in [3.8, 4) is 0 Å². The summed E-state index contributed by atoms with van der Waals surface area (Å²) < 4.78 is 5.66. The summed E-state index contributed by atoms with van der Waals surface area (Å²) in [5, 5.41) is 10.4. The molecule has 2 rings (SSSR count). The summed E-state index contributed by atoms with van der Waals surface area (Å²) in [6.07, 6.45) is 0. The number of thiocarbonyl (C=S) groups is 1. The molecule has 0 atom stereocenters. The van der Waals surface area contributed by atoms with Crippen LogP contribution in [0.15, 0.2) is 39.3 Å². The van der Waals surface area contributed by atoms with E-state index in [-0.39, 0.29) is 22.1 Å². The Balaban J connectivity index is 2.45. The topological polar surface area (TPSA) is 115 Å². The molecule has 1 aromatic heterocycles. The Hall–Kier alpha value is -2.81. The number of nitrogens with zero attached hydrogens (tertiary/aromatic N) is 3. The average Bonchev–Trinajstić information content (AvgIpc) is 2.79. The normalized spacial score (nSPS) is 10.8. The van der Waals surface area contributed by atoms with Crippen LogP contribution in [0.5, 0.6) is 0 Å². The second-order valence-electron chi connectivity index (χ2n) is 4.27. The van der Waals surface area contributed by atoms with E-state index in [1.165, 1.54) is 7.11 Å². The van der Waals surface area contributed by atoms with Crippen molar-refractivity contribution in [3.05, 3.63) is 45.9 Å². The van der Waals surface area contributed by atoms with Gasteiger partial charge in [-0.05, 0) is 31.3 Å². The van der Waals surface area contributed by atoms with E-state index < -0.39 is 11.5 Å². The van der Waals surface area contributed by atoms with E-state index in [9.17, 15) is 9.59 Å². The molecule has 1 aromatic carbocycles. The number of carbonyl (C=O) groups excluding carboxylic acids is 1. The van der Waals surface area contributed by atoms with Gasteiger partial charge in [-0.1, -0.05) is 12.1 Å². The average molecular weight is 319 g/mol. The quantitative estimate of drug-likeness (QED) is 0.508. The number of H-pyrrole nitrogens is 1. The molecule has 3 N–H and O–H groups in total. The van der Waals surface area contributed by atoms with Gasteiger partial charge in [0.05, 0.1) is 18.4 Å². The molecule has 0 fully saturated rings. The molecule has 0 unspecified atom stereocenters. The molecular formula is C13H13N5O3S. The maximum Gasteiger partial charge on any atom is 0.340 e. The molecule has 0 spiro atoms. The number of hydrogen-bond donors (Lipinski definition) is 2. The van der Waals surface area contributed by atoms with Crippen molar-refractivity contribution >= 4 is 34.7 Å². The van der Waals surface area contributed by atoms with Gasteiger partial charge >= 0.3 is 11.5 Å². The number of aromatic nitrogens is 2. The van der Waals surface area contributed by atoms with E-state index in [0.717, 1.165) is 4.68 Å². The van der Waals surface area contributed by atoms with Crippen LogP contribution in [0.3, 0.4) is 0 Å². The standard InChI is InChI=1S/C13H13N5O3S/c1-7-10(11(19)18(17-7)13(14)22)16-15-9-6-4-3-5-8(9)12(20)21-2/h3-6,17H,1-2H3,(H2,14,22). The SMILES string of the molecule is COC(=O)c1ccccc1N=Nc1c(C)[nH]n(C(N)=S)c1=O. The van der Waals surface area contributed by atoms with Gasteiger partial charge < -0.3 is 10.5 Å². The van der Waals surface area contributed by atoms with Crippen molar-refractivity contribution in [1.82, 2.24) is 9.78 Å². The first-order valence-corrected chi connectivity index (χ1v) is 6.57. The number of aryl methyl sites for hydroxylation is 1. The molecule has 0 saturated heterocycles. The molecule has 0 aliphatic heterocycles. The Bertz CT molecular complexity index is 821. The largest absolute Gasteiger partial charge is 0.465 e. The number of azo groups is 1. The first kappa shape index (κ1) is 15.6. The highest BCUT2D eigenvalue weighted by atomic mass is 32.1. The van der Waals surface area contributed by atoms with Crippen molar-refractivity contribution in [3.63, 3.8) is 0 Å². The molecule has 0 radical (unpaired) electrons. The number of carbonyl (C=O) groups is 1. The minimum Gasteiger partial charge on any atom is -0.465 e.